The Morgan fingerprint density at radius 2 is 1.88 bits per heavy atom. The van der Waals surface area contributed by atoms with Gasteiger partial charge in [0.25, 0.3) is 0 Å². The number of nitrogens with one attached hydrogen (secondary N) is 1. The second-order valence-electron chi connectivity index (χ2n) is 5.80. The predicted octanol–water partition coefficient (Wildman–Crippen LogP) is 5.52. The normalized spacial score (nSPS) is 11.3. The molecule has 0 aliphatic rings. The van der Waals surface area contributed by atoms with E-state index in [0.29, 0.717) is 5.76 Å². The summed E-state index contributed by atoms with van der Waals surface area (Å²) in [7, 11) is 0. The van der Waals surface area contributed by atoms with Crippen LogP contribution in [0, 0.1) is 6.92 Å². The number of aryl methyl sites for hydroxylation is 1. The highest BCUT2D eigenvalue weighted by Gasteiger charge is 2.11. The third-order valence-corrected chi connectivity index (χ3v) is 4.94. The van der Waals surface area contributed by atoms with Crippen molar-refractivity contribution in [3.05, 3.63) is 78.3 Å². The largest absolute Gasteiger partial charge is 0.462 e. The minimum Gasteiger partial charge on any atom is -0.462 e. The van der Waals surface area contributed by atoms with Gasteiger partial charge in [-0.15, -0.1) is 11.3 Å². The lowest BCUT2D eigenvalue weighted by molar-refractivity contribution is -0.111. The van der Waals surface area contributed by atoms with Crippen LogP contribution in [0.5, 0.6) is 0 Å². The van der Waals surface area contributed by atoms with E-state index in [9.17, 15) is 4.79 Å². The van der Waals surface area contributed by atoms with E-state index in [2.05, 4.69) is 10.3 Å². The van der Waals surface area contributed by atoms with Crippen LogP contribution in [0.4, 0.5) is 5.69 Å². The number of hydrogen-bond donors (Lipinski definition) is 1. The topological polar surface area (TPSA) is 55.1 Å². The highest BCUT2D eigenvalue weighted by molar-refractivity contribution is 7.21. The van der Waals surface area contributed by atoms with Crippen LogP contribution in [0.15, 0.2) is 71.2 Å². The first-order valence-corrected chi connectivity index (χ1v) is 9.01. The van der Waals surface area contributed by atoms with Crippen molar-refractivity contribution in [2.45, 2.75) is 6.92 Å². The van der Waals surface area contributed by atoms with Gasteiger partial charge < -0.3 is 9.73 Å². The lowest BCUT2D eigenvalue weighted by Gasteiger charge is -2.07. The number of aromatic nitrogens is 1. The number of nitrogens with zero attached hydrogens (tertiary/aromatic N) is 1. The number of benzene rings is 2. The Bertz CT molecular complexity index is 1070. The van der Waals surface area contributed by atoms with Crippen LogP contribution >= 0.6 is 11.3 Å². The zero-order chi connectivity index (χ0) is 17.9. The molecule has 4 aromatic rings. The molecule has 4 nitrogen and oxygen atoms in total. The van der Waals surface area contributed by atoms with E-state index < -0.39 is 0 Å². The molecule has 1 N–H and O–H groups in total. The molecular weight excluding hydrogens is 344 g/mol. The van der Waals surface area contributed by atoms with Crippen LogP contribution in [0.1, 0.15) is 11.5 Å². The van der Waals surface area contributed by atoms with Crippen LogP contribution in [0.25, 0.3) is 26.9 Å². The van der Waals surface area contributed by atoms with E-state index in [1.165, 1.54) is 6.08 Å². The third-order valence-electron chi connectivity index (χ3n) is 3.87. The average molecular weight is 360 g/mol. The number of anilines is 1. The number of rotatable bonds is 4. The Kier molecular flexibility index (Phi) is 4.37. The standard InChI is InChI=1S/C21H16N2O2S/c1-14-10-11-15(25-14)12-13-20(24)22-17-7-3-2-6-16(17)21-23-18-8-4-5-9-19(18)26-21/h2-13H,1H3,(H,22,24)/b13-12+. The van der Waals surface area contributed by atoms with Crippen molar-refractivity contribution in [1.82, 2.24) is 4.98 Å². The molecule has 0 aliphatic carbocycles. The maximum absolute atomic E-state index is 12.3. The van der Waals surface area contributed by atoms with E-state index in [1.807, 2.05) is 67.6 Å². The first-order valence-electron chi connectivity index (χ1n) is 8.19. The molecule has 4 rings (SSSR count). The lowest BCUT2D eigenvalue weighted by Crippen LogP contribution is -2.08. The maximum Gasteiger partial charge on any atom is 0.248 e. The molecule has 0 saturated heterocycles. The van der Waals surface area contributed by atoms with Gasteiger partial charge in [-0.25, -0.2) is 4.98 Å². The average Bonchev–Trinajstić information content (AvgIpc) is 3.26. The Morgan fingerprint density at radius 1 is 1.08 bits per heavy atom. The molecule has 0 unspecified atom stereocenters. The molecule has 2 aromatic heterocycles. The summed E-state index contributed by atoms with van der Waals surface area (Å²) in [4.78, 5) is 17.0. The second-order valence-corrected chi connectivity index (χ2v) is 6.83. The molecule has 0 atom stereocenters. The van der Waals surface area contributed by atoms with Gasteiger partial charge in [-0.1, -0.05) is 24.3 Å². The van der Waals surface area contributed by atoms with E-state index in [-0.39, 0.29) is 5.91 Å². The van der Waals surface area contributed by atoms with E-state index in [0.717, 1.165) is 32.2 Å². The molecule has 2 aromatic carbocycles. The summed E-state index contributed by atoms with van der Waals surface area (Å²) in [6, 6.07) is 19.4. The molecule has 0 bridgehead atoms. The second kappa shape index (κ2) is 6.98. The molecule has 0 fully saturated rings. The first-order chi connectivity index (χ1) is 12.7. The number of carbonyl (C=O) groups is 1. The minimum atomic E-state index is -0.215. The van der Waals surface area contributed by atoms with Gasteiger partial charge in [0.1, 0.15) is 16.5 Å². The highest BCUT2D eigenvalue weighted by Crippen LogP contribution is 2.34. The van der Waals surface area contributed by atoms with Gasteiger partial charge in [0.2, 0.25) is 5.91 Å². The van der Waals surface area contributed by atoms with Crippen LogP contribution in [0.2, 0.25) is 0 Å². The predicted molar refractivity (Wildman–Crippen MR) is 106 cm³/mol. The van der Waals surface area contributed by atoms with Gasteiger partial charge >= 0.3 is 0 Å². The van der Waals surface area contributed by atoms with Gasteiger partial charge in [-0.05, 0) is 49.4 Å². The van der Waals surface area contributed by atoms with Crippen molar-refractivity contribution in [3.8, 4) is 10.6 Å². The zero-order valence-electron chi connectivity index (χ0n) is 14.1. The van der Waals surface area contributed by atoms with Crippen molar-refractivity contribution in [2.75, 3.05) is 5.32 Å². The van der Waals surface area contributed by atoms with Crippen molar-refractivity contribution >= 4 is 39.2 Å². The minimum absolute atomic E-state index is 0.215. The number of hydrogen-bond acceptors (Lipinski definition) is 4. The van der Waals surface area contributed by atoms with E-state index in [1.54, 1.807) is 17.4 Å². The summed E-state index contributed by atoms with van der Waals surface area (Å²) in [5, 5.41) is 3.81. The fraction of sp³-hybridized carbons (Fsp3) is 0.0476. The SMILES string of the molecule is Cc1ccc(/C=C/C(=O)Nc2ccccc2-c2nc3ccccc3s2)o1. The van der Waals surface area contributed by atoms with Gasteiger partial charge in [0.05, 0.1) is 15.9 Å². The Morgan fingerprint density at radius 3 is 2.69 bits per heavy atom. The van der Waals surface area contributed by atoms with Crippen LogP contribution in [-0.2, 0) is 4.79 Å². The van der Waals surface area contributed by atoms with Crippen molar-refractivity contribution in [3.63, 3.8) is 0 Å². The maximum atomic E-state index is 12.3. The lowest BCUT2D eigenvalue weighted by atomic mass is 10.2. The molecular formula is C21H16N2O2S. The van der Waals surface area contributed by atoms with Crippen LogP contribution < -0.4 is 5.32 Å². The van der Waals surface area contributed by atoms with Crippen LogP contribution in [-0.4, -0.2) is 10.9 Å². The van der Waals surface area contributed by atoms with Gasteiger partial charge in [-0.3, -0.25) is 4.79 Å². The third kappa shape index (κ3) is 3.43. The molecule has 5 heteroatoms. The number of carbonyl (C=O) groups excluding carboxylic acids is 1. The molecule has 0 saturated carbocycles. The summed E-state index contributed by atoms with van der Waals surface area (Å²) in [6.45, 7) is 1.87. The summed E-state index contributed by atoms with van der Waals surface area (Å²) in [5.74, 6) is 1.25. The molecule has 0 spiro atoms. The fourth-order valence-electron chi connectivity index (χ4n) is 2.64. The van der Waals surface area contributed by atoms with E-state index in [4.69, 9.17) is 4.42 Å². The summed E-state index contributed by atoms with van der Waals surface area (Å²) in [6.07, 6.45) is 3.12. The number of thiazole rings is 1. The molecule has 26 heavy (non-hydrogen) atoms. The molecule has 2 heterocycles. The monoisotopic (exact) mass is 360 g/mol. The highest BCUT2D eigenvalue weighted by atomic mass is 32.1. The van der Waals surface area contributed by atoms with Gasteiger partial charge in [-0.2, -0.15) is 0 Å². The summed E-state index contributed by atoms with van der Waals surface area (Å²) < 4.78 is 6.56. The number of amides is 1. The van der Waals surface area contributed by atoms with Crippen molar-refractivity contribution in [2.24, 2.45) is 0 Å². The number of para-hydroxylation sites is 2. The zero-order valence-corrected chi connectivity index (χ0v) is 14.9. The Balaban J connectivity index is 1.59. The van der Waals surface area contributed by atoms with Crippen LogP contribution in [0.3, 0.4) is 0 Å². The van der Waals surface area contributed by atoms with Crippen molar-refractivity contribution in [1.29, 1.82) is 0 Å². The summed E-state index contributed by atoms with van der Waals surface area (Å²) >= 11 is 1.61. The molecule has 0 radical (unpaired) electrons. The fourth-order valence-corrected chi connectivity index (χ4v) is 3.65. The Labute approximate surface area is 154 Å². The van der Waals surface area contributed by atoms with Gasteiger partial charge in [0.15, 0.2) is 0 Å². The number of furan rings is 1. The van der Waals surface area contributed by atoms with E-state index >= 15 is 0 Å². The Hall–Kier alpha value is -3.18. The smallest absolute Gasteiger partial charge is 0.248 e. The quantitative estimate of drug-likeness (QED) is 0.488. The summed E-state index contributed by atoms with van der Waals surface area (Å²) in [5.41, 5.74) is 2.60. The van der Waals surface area contributed by atoms with Gasteiger partial charge in [0, 0.05) is 11.6 Å². The number of fused-ring (bicyclic) bond motifs is 1. The molecule has 0 aliphatic heterocycles. The first kappa shape index (κ1) is 16.3. The molecule has 1 amide bonds. The van der Waals surface area contributed by atoms with Crippen molar-refractivity contribution < 1.29 is 9.21 Å². The molecule has 128 valence electrons.